The van der Waals surface area contributed by atoms with Crippen LogP contribution in [0.15, 0.2) is 24.3 Å². The molecule has 0 atom stereocenters. The van der Waals surface area contributed by atoms with Gasteiger partial charge < -0.3 is 5.32 Å². The molecule has 0 amide bonds. The maximum atomic E-state index is 12.6. The van der Waals surface area contributed by atoms with Gasteiger partial charge in [0.2, 0.25) is 0 Å². The fourth-order valence-electron chi connectivity index (χ4n) is 2.88. The topological polar surface area (TPSA) is 12.0 Å². The summed E-state index contributed by atoms with van der Waals surface area (Å²) in [5.74, 6) is 0.942. The van der Waals surface area contributed by atoms with Crippen LogP contribution in [0.25, 0.3) is 0 Å². The second-order valence-corrected chi connectivity index (χ2v) is 5.79. The summed E-state index contributed by atoms with van der Waals surface area (Å²) in [5.41, 5.74) is 1.65. The van der Waals surface area contributed by atoms with E-state index in [2.05, 4.69) is 5.32 Å². The van der Waals surface area contributed by atoms with Crippen LogP contribution in [-0.4, -0.2) is 6.54 Å². The molecule has 2 fully saturated rings. The summed E-state index contributed by atoms with van der Waals surface area (Å²) in [4.78, 5) is 0. The third-order valence-corrected chi connectivity index (χ3v) is 4.34. The quantitative estimate of drug-likeness (QED) is 0.808. The number of alkyl halides is 2. The van der Waals surface area contributed by atoms with E-state index in [1.807, 2.05) is 6.07 Å². The van der Waals surface area contributed by atoms with Gasteiger partial charge in [-0.15, -0.1) is 0 Å². The molecular formula is C15H19F2N. The van der Waals surface area contributed by atoms with E-state index in [-0.39, 0.29) is 5.56 Å². The highest BCUT2D eigenvalue weighted by Gasteiger charge is 2.53. The predicted molar refractivity (Wildman–Crippen MR) is 67.5 cm³/mol. The summed E-state index contributed by atoms with van der Waals surface area (Å²) in [6, 6.07) is 6.72. The molecule has 1 aromatic carbocycles. The fourth-order valence-corrected chi connectivity index (χ4v) is 2.88. The molecule has 2 saturated carbocycles. The van der Waals surface area contributed by atoms with Gasteiger partial charge in [-0.2, -0.15) is 0 Å². The minimum atomic E-state index is -2.37. The van der Waals surface area contributed by atoms with Gasteiger partial charge >= 0.3 is 0 Å². The molecule has 0 aliphatic heterocycles. The van der Waals surface area contributed by atoms with E-state index in [9.17, 15) is 8.78 Å². The Labute approximate surface area is 107 Å². The molecule has 0 bridgehead atoms. The first-order chi connectivity index (χ1) is 8.70. The zero-order chi connectivity index (χ0) is 12.6. The van der Waals surface area contributed by atoms with Crippen LogP contribution in [0.4, 0.5) is 8.78 Å². The molecule has 2 aliphatic rings. The van der Waals surface area contributed by atoms with E-state index in [4.69, 9.17) is 0 Å². The van der Waals surface area contributed by atoms with Gasteiger partial charge in [-0.25, -0.2) is 8.78 Å². The minimum absolute atomic E-state index is 0.123. The van der Waals surface area contributed by atoms with Crippen molar-refractivity contribution >= 4 is 0 Å². The normalized spacial score (nSPS) is 21.3. The molecule has 0 radical (unpaired) electrons. The van der Waals surface area contributed by atoms with Crippen LogP contribution in [0.2, 0.25) is 0 Å². The molecule has 1 N–H and O–H groups in total. The van der Waals surface area contributed by atoms with E-state index in [1.165, 1.54) is 31.7 Å². The van der Waals surface area contributed by atoms with Crippen LogP contribution in [0.5, 0.6) is 0 Å². The lowest BCUT2D eigenvalue weighted by Crippen LogP contribution is -2.25. The first kappa shape index (κ1) is 12.1. The number of benzene rings is 1. The van der Waals surface area contributed by atoms with Crippen molar-refractivity contribution < 1.29 is 8.78 Å². The molecule has 3 rings (SSSR count). The maximum absolute atomic E-state index is 12.6. The molecule has 0 aromatic heterocycles. The summed E-state index contributed by atoms with van der Waals surface area (Å²) in [7, 11) is 0. The van der Waals surface area contributed by atoms with Crippen molar-refractivity contribution in [2.24, 2.45) is 11.3 Å². The number of nitrogens with one attached hydrogen (secondary N) is 1. The van der Waals surface area contributed by atoms with Gasteiger partial charge in [-0.1, -0.05) is 18.2 Å². The minimum Gasteiger partial charge on any atom is -0.312 e. The van der Waals surface area contributed by atoms with Gasteiger partial charge in [0.25, 0.3) is 6.43 Å². The molecule has 2 aliphatic carbocycles. The molecule has 0 heterocycles. The number of hydrogen-bond donors (Lipinski definition) is 1. The average Bonchev–Trinajstić information content (AvgIpc) is 3.23. The Morgan fingerprint density at radius 2 is 2.06 bits per heavy atom. The molecule has 1 aromatic rings. The highest BCUT2D eigenvalue weighted by atomic mass is 19.3. The Bertz CT molecular complexity index is 422. The van der Waals surface area contributed by atoms with Crippen molar-refractivity contribution in [3.05, 3.63) is 35.4 Å². The van der Waals surface area contributed by atoms with Crippen molar-refractivity contribution in [1.29, 1.82) is 0 Å². The largest absolute Gasteiger partial charge is 0.312 e. The molecule has 0 saturated heterocycles. The highest BCUT2D eigenvalue weighted by Crippen LogP contribution is 2.60. The first-order valence-electron chi connectivity index (χ1n) is 6.77. The Balaban J connectivity index is 1.52. The van der Waals surface area contributed by atoms with Gasteiger partial charge in [0, 0.05) is 18.7 Å². The number of halogens is 2. The molecule has 18 heavy (non-hydrogen) atoms. The third-order valence-electron chi connectivity index (χ3n) is 4.34. The molecule has 0 unspecified atom stereocenters. The number of rotatable bonds is 6. The van der Waals surface area contributed by atoms with E-state index in [1.54, 1.807) is 12.1 Å². The van der Waals surface area contributed by atoms with Gasteiger partial charge in [0.05, 0.1) is 0 Å². The number of hydrogen-bond acceptors (Lipinski definition) is 1. The van der Waals surface area contributed by atoms with E-state index in [0.29, 0.717) is 12.0 Å². The molecule has 1 nitrogen and oxygen atoms in total. The summed E-state index contributed by atoms with van der Waals surface area (Å²) in [5, 5.41) is 3.45. The van der Waals surface area contributed by atoms with Gasteiger partial charge in [0.1, 0.15) is 0 Å². The lowest BCUT2D eigenvalue weighted by molar-refractivity contribution is 0.151. The lowest BCUT2D eigenvalue weighted by Gasteiger charge is -2.15. The summed E-state index contributed by atoms with van der Waals surface area (Å²) >= 11 is 0. The van der Waals surface area contributed by atoms with Gasteiger partial charge in [-0.3, -0.25) is 0 Å². The molecule has 98 valence electrons. The van der Waals surface area contributed by atoms with Crippen molar-refractivity contribution in [2.45, 2.75) is 38.7 Å². The van der Waals surface area contributed by atoms with Gasteiger partial charge in [-0.05, 0) is 48.6 Å². The van der Waals surface area contributed by atoms with E-state index >= 15 is 0 Å². The Morgan fingerprint density at radius 3 is 2.67 bits per heavy atom. The van der Waals surface area contributed by atoms with Gasteiger partial charge in [0.15, 0.2) is 0 Å². The monoisotopic (exact) mass is 251 g/mol. The highest BCUT2D eigenvalue weighted by molar-refractivity contribution is 5.24. The van der Waals surface area contributed by atoms with Crippen LogP contribution >= 0.6 is 0 Å². The summed E-state index contributed by atoms with van der Waals surface area (Å²) in [6.07, 6.45) is 3.11. The molecule has 3 heteroatoms. The maximum Gasteiger partial charge on any atom is 0.263 e. The Kier molecular flexibility index (Phi) is 3.10. The zero-order valence-electron chi connectivity index (χ0n) is 10.5. The van der Waals surface area contributed by atoms with Crippen molar-refractivity contribution in [2.75, 3.05) is 6.54 Å². The Morgan fingerprint density at radius 1 is 1.28 bits per heavy atom. The third kappa shape index (κ3) is 2.56. The smallest absolute Gasteiger partial charge is 0.263 e. The standard InChI is InChI=1S/C15H19F2N/c16-14(17)12-3-1-2-11(8-12)9-18-10-15(6-7-15)13-4-5-13/h1-3,8,13-14,18H,4-7,9-10H2. The summed E-state index contributed by atoms with van der Waals surface area (Å²) in [6.45, 7) is 1.76. The van der Waals surface area contributed by atoms with E-state index < -0.39 is 6.43 Å². The second kappa shape index (κ2) is 4.61. The fraction of sp³-hybridized carbons (Fsp3) is 0.600. The second-order valence-electron chi connectivity index (χ2n) is 5.79. The van der Waals surface area contributed by atoms with Crippen molar-refractivity contribution in [3.8, 4) is 0 Å². The Hall–Kier alpha value is -0.960. The SMILES string of the molecule is FC(F)c1cccc(CNCC2(C3CC3)CC2)c1. The van der Waals surface area contributed by atoms with Crippen LogP contribution in [0, 0.1) is 11.3 Å². The predicted octanol–water partition coefficient (Wildman–Crippen LogP) is 3.90. The lowest BCUT2D eigenvalue weighted by atomic mass is 10.0. The van der Waals surface area contributed by atoms with Crippen molar-refractivity contribution in [3.63, 3.8) is 0 Å². The molecular weight excluding hydrogens is 232 g/mol. The van der Waals surface area contributed by atoms with Crippen LogP contribution in [0.1, 0.15) is 43.2 Å². The van der Waals surface area contributed by atoms with Crippen molar-refractivity contribution in [1.82, 2.24) is 5.32 Å². The molecule has 0 spiro atoms. The van der Waals surface area contributed by atoms with Crippen LogP contribution in [-0.2, 0) is 6.54 Å². The first-order valence-corrected chi connectivity index (χ1v) is 6.77. The zero-order valence-corrected chi connectivity index (χ0v) is 10.5. The van der Waals surface area contributed by atoms with E-state index in [0.717, 1.165) is 18.0 Å². The van der Waals surface area contributed by atoms with Crippen LogP contribution < -0.4 is 5.32 Å². The van der Waals surface area contributed by atoms with Crippen LogP contribution in [0.3, 0.4) is 0 Å². The summed E-state index contributed by atoms with van der Waals surface area (Å²) < 4.78 is 25.1. The average molecular weight is 251 g/mol.